The Labute approximate surface area is 163 Å². The average molecular weight is 388 g/mol. The minimum absolute atomic E-state index is 0.124. The maximum Gasteiger partial charge on any atom is 0.211 e. The normalized spacial score (nSPS) is 15.8. The second kappa shape index (κ2) is 9.35. The van der Waals surface area contributed by atoms with Gasteiger partial charge in [0.2, 0.25) is 10.0 Å². The number of hydrogen-bond donors (Lipinski definition) is 1. The highest BCUT2D eigenvalue weighted by Crippen LogP contribution is 2.17. The molecule has 1 heterocycles. The molecule has 27 heavy (non-hydrogen) atoms. The van der Waals surface area contributed by atoms with Crippen LogP contribution in [0.1, 0.15) is 11.1 Å². The molecule has 0 aromatic heterocycles. The van der Waals surface area contributed by atoms with E-state index in [2.05, 4.69) is 45.8 Å². The van der Waals surface area contributed by atoms with Crippen LogP contribution < -0.4 is 9.62 Å². The lowest BCUT2D eigenvalue weighted by molar-refractivity contribution is 0.313. The zero-order valence-electron chi connectivity index (χ0n) is 16.0. The highest BCUT2D eigenvalue weighted by Gasteiger charge is 2.14. The highest BCUT2D eigenvalue weighted by atomic mass is 32.2. The van der Waals surface area contributed by atoms with Gasteiger partial charge in [-0.1, -0.05) is 42.5 Å². The molecule has 0 atom stereocenters. The van der Waals surface area contributed by atoms with E-state index < -0.39 is 10.0 Å². The van der Waals surface area contributed by atoms with E-state index in [0.29, 0.717) is 19.4 Å². The fraction of sp³-hybridized carbons (Fsp3) is 0.429. The SMILES string of the molecule is CN1CCN(c2ccc(CCNS(=O)(=O)CCc3ccccc3)cc2)CC1. The van der Waals surface area contributed by atoms with Crippen molar-refractivity contribution in [3.05, 3.63) is 65.7 Å². The predicted octanol–water partition coefficient (Wildman–Crippen LogP) is 2.14. The molecule has 2 aromatic carbocycles. The number of benzene rings is 2. The van der Waals surface area contributed by atoms with Gasteiger partial charge >= 0.3 is 0 Å². The van der Waals surface area contributed by atoms with Gasteiger partial charge in [0.25, 0.3) is 0 Å². The summed E-state index contributed by atoms with van der Waals surface area (Å²) >= 11 is 0. The summed E-state index contributed by atoms with van der Waals surface area (Å²) < 4.78 is 27.0. The first-order valence-corrected chi connectivity index (χ1v) is 11.2. The highest BCUT2D eigenvalue weighted by molar-refractivity contribution is 7.89. The van der Waals surface area contributed by atoms with Crippen LogP contribution in [0.3, 0.4) is 0 Å². The lowest BCUT2D eigenvalue weighted by atomic mass is 10.1. The summed E-state index contributed by atoms with van der Waals surface area (Å²) in [6, 6.07) is 18.2. The summed E-state index contributed by atoms with van der Waals surface area (Å²) in [6.45, 7) is 4.72. The molecule has 2 aromatic rings. The summed E-state index contributed by atoms with van der Waals surface area (Å²) in [7, 11) is -1.09. The molecule has 0 spiro atoms. The smallest absolute Gasteiger partial charge is 0.211 e. The summed E-state index contributed by atoms with van der Waals surface area (Å²) in [5.74, 6) is 0.124. The van der Waals surface area contributed by atoms with Crippen molar-refractivity contribution in [3.8, 4) is 0 Å². The Morgan fingerprint density at radius 3 is 2.15 bits per heavy atom. The molecule has 0 unspecified atom stereocenters. The Morgan fingerprint density at radius 1 is 0.852 bits per heavy atom. The van der Waals surface area contributed by atoms with Crippen molar-refractivity contribution in [1.82, 2.24) is 9.62 Å². The zero-order valence-corrected chi connectivity index (χ0v) is 16.8. The van der Waals surface area contributed by atoms with E-state index in [9.17, 15) is 8.42 Å². The van der Waals surface area contributed by atoms with Gasteiger partial charge in [-0.2, -0.15) is 0 Å². The van der Waals surface area contributed by atoms with E-state index in [4.69, 9.17) is 0 Å². The fourth-order valence-electron chi connectivity index (χ4n) is 3.26. The summed E-state index contributed by atoms with van der Waals surface area (Å²) in [4.78, 5) is 4.74. The van der Waals surface area contributed by atoms with Gasteiger partial charge in [-0.15, -0.1) is 0 Å². The van der Waals surface area contributed by atoms with Crippen LogP contribution in [0, 0.1) is 0 Å². The van der Waals surface area contributed by atoms with Crippen LogP contribution in [0.2, 0.25) is 0 Å². The predicted molar refractivity (Wildman–Crippen MR) is 112 cm³/mol. The van der Waals surface area contributed by atoms with Gasteiger partial charge in [0.1, 0.15) is 0 Å². The van der Waals surface area contributed by atoms with Crippen molar-refractivity contribution in [2.45, 2.75) is 12.8 Å². The molecule has 1 fully saturated rings. The monoisotopic (exact) mass is 387 g/mol. The van der Waals surface area contributed by atoms with Crippen LogP contribution in [-0.4, -0.2) is 58.8 Å². The molecule has 1 N–H and O–H groups in total. The van der Waals surface area contributed by atoms with E-state index in [0.717, 1.165) is 37.3 Å². The van der Waals surface area contributed by atoms with Gasteiger partial charge in [-0.25, -0.2) is 13.1 Å². The first kappa shape index (κ1) is 19.9. The van der Waals surface area contributed by atoms with Crippen molar-refractivity contribution >= 4 is 15.7 Å². The zero-order chi connectivity index (χ0) is 19.1. The molecule has 5 nitrogen and oxygen atoms in total. The first-order chi connectivity index (χ1) is 13.0. The quantitative estimate of drug-likeness (QED) is 0.754. The van der Waals surface area contributed by atoms with Crippen molar-refractivity contribution < 1.29 is 8.42 Å². The standard InChI is InChI=1S/C21H29N3O2S/c1-23-14-16-24(17-15-23)21-9-7-20(8-10-21)11-13-22-27(25,26)18-12-19-5-3-2-4-6-19/h2-10,22H,11-18H2,1H3. The van der Waals surface area contributed by atoms with Gasteiger partial charge in [0, 0.05) is 38.4 Å². The lowest BCUT2D eigenvalue weighted by Gasteiger charge is -2.34. The van der Waals surface area contributed by atoms with Crippen LogP contribution in [0.25, 0.3) is 0 Å². The molecule has 1 aliphatic rings. The minimum atomic E-state index is -3.24. The largest absolute Gasteiger partial charge is 0.369 e. The number of piperazine rings is 1. The van der Waals surface area contributed by atoms with E-state index in [1.807, 2.05) is 30.3 Å². The van der Waals surface area contributed by atoms with E-state index >= 15 is 0 Å². The number of sulfonamides is 1. The van der Waals surface area contributed by atoms with Crippen molar-refractivity contribution in [2.24, 2.45) is 0 Å². The van der Waals surface area contributed by atoms with Crippen LogP contribution in [-0.2, 0) is 22.9 Å². The van der Waals surface area contributed by atoms with E-state index in [1.165, 1.54) is 5.69 Å². The molecule has 0 saturated carbocycles. The summed E-state index contributed by atoms with van der Waals surface area (Å²) in [5, 5.41) is 0. The number of hydrogen-bond acceptors (Lipinski definition) is 4. The maximum absolute atomic E-state index is 12.2. The molecule has 0 aliphatic carbocycles. The van der Waals surface area contributed by atoms with Crippen LogP contribution >= 0.6 is 0 Å². The lowest BCUT2D eigenvalue weighted by Crippen LogP contribution is -2.44. The molecule has 146 valence electrons. The van der Waals surface area contributed by atoms with Crippen LogP contribution in [0.5, 0.6) is 0 Å². The number of anilines is 1. The molecule has 3 rings (SSSR count). The topological polar surface area (TPSA) is 52.6 Å². The minimum Gasteiger partial charge on any atom is -0.369 e. The second-order valence-corrected chi connectivity index (χ2v) is 9.08. The Morgan fingerprint density at radius 2 is 1.48 bits per heavy atom. The molecule has 1 saturated heterocycles. The number of nitrogens with zero attached hydrogens (tertiary/aromatic N) is 2. The second-order valence-electron chi connectivity index (χ2n) is 7.16. The number of aryl methyl sites for hydroxylation is 1. The first-order valence-electron chi connectivity index (χ1n) is 9.55. The van der Waals surface area contributed by atoms with Gasteiger partial charge in [0.15, 0.2) is 0 Å². The Balaban J connectivity index is 1.43. The van der Waals surface area contributed by atoms with E-state index in [1.54, 1.807) is 0 Å². The third-order valence-corrected chi connectivity index (χ3v) is 6.43. The Kier molecular flexibility index (Phi) is 6.88. The molecule has 1 aliphatic heterocycles. The number of likely N-dealkylation sites (N-methyl/N-ethyl adjacent to an activating group) is 1. The third-order valence-electron chi connectivity index (χ3n) is 5.04. The van der Waals surface area contributed by atoms with Gasteiger partial charge < -0.3 is 9.80 Å². The maximum atomic E-state index is 12.2. The Hall–Kier alpha value is -1.89. The molecular weight excluding hydrogens is 358 g/mol. The van der Waals surface area contributed by atoms with Gasteiger partial charge in [0.05, 0.1) is 5.75 Å². The number of rotatable bonds is 8. The van der Waals surface area contributed by atoms with Gasteiger partial charge in [-0.05, 0) is 43.1 Å². The summed E-state index contributed by atoms with van der Waals surface area (Å²) in [5.41, 5.74) is 3.44. The summed E-state index contributed by atoms with van der Waals surface area (Å²) in [6.07, 6.45) is 1.24. The third kappa shape index (κ3) is 6.34. The number of nitrogens with one attached hydrogen (secondary N) is 1. The van der Waals surface area contributed by atoms with Gasteiger partial charge in [-0.3, -0.25) is 0 Å². The molecular formula is C21H29N3O2S. The average Bonchev–Trinajstić information content (AvgIpc) is 2.68. The molecule has 0 bridgehead atoms. The van der Waals surface area contributed by atoms with Crippen molar-refractivity contribution in [3.63, 3.8) is 0 Å². The van der Waals surface area contributed by atoms with Crippen molar-refractivity contribution in [2.75, 3.05) is 50.4 Å². The van der Waals surface area contributed by atoms with Crippen LogP contribution in [0.15, 0.2) is 54.6 Å². The Bertz CT molecular complexity index is 799. The molecule has 0 radical (unpaired) electrons. The van der Waals surface area contributed by atoms with Crippen LogP contribution in [0.4, 0.5) is 5.69 Å². The molecule has 0 amide bonds. The molecule has 6 heteroatoms. The fourth-order valence-corrected chi connectivity index (χ4v) is 4.32. The van der Waals surface area contributed by atoms with Crippen molar-refractivity contribution in [1.29, 1.82) is 0 Å². The van der Waals surface area contributed by atoms with E-state index in [-0.39, 0.29) is 5.75 Å².